The highest BCUT2D eigenvalue weighted by Crippen LogP contribution is 2.69. The van der Waals surface area contributed by atoms with Crippen LogP contribution in [0.2, 0.25) is 0 Å². The zero-order valence-corrected chi connectivity index (χ0v) is 22.4. The number of hydrogen-bond acceptors (Lipinski definition) is 2. The van der Waals surface area contributed by atoms with E-state index in [1.807, 2.05) is 7.05 Å². The van der Waals surface area contributed by atoms with Crippen LogP contribution in [0, 0.1) is 16.5 Å². The second kappa shape index (κ2) is 7.56. The fraction of sp³-hybridized carbons (Fsp3) is 0.576. The van der Waals surface area contributed by atoms with Crippen LogP contribution in [0.4, 0.5) is 0 Å². The topological polar surface area (TPSA) is 32.3 Å². The van der Waals surface area contributed by atoms with E-state index >= 15 is 0 Å². The van der Waals surface area contributed by atoms with Crippen molar-refractivity contribution >= 4 is 10.8 Å². The normalized spacial score (nSPS) is 40.8. The monoisotopic (exact) mass is 483 g/mol. The predicted molar refractivity (Wildman–Crippen MR) is 146 cm³/mol. The van der Waals surface area contributed by atoms with Crippen LogP contribution in [0.25, 0.3) is 10.8 Å². The molecule has 2 saturated carbocycles. The summed E-state index contributed by atoms with van der Waals surface area (Å²) in [5.74, 6) is 1.10. The van der Waals surface area contributed by atoms with Gasteiger partial charge in [0.1, 0.15) is 0 Å². The van der Waals surface area contributed by atoms with Gasteiger partial charge in [0, 0.05) is 12.8 Å². The molecule has 2 aromatic carbocycles. The predicted octanol–water partition coefficient (Wildman–Crippen LogP) is 7.80. The Labute approximate surface area is 216 Å². The van der Waals surface area contributed by atoms with Crippen molar-refractivity contribution in [2.24, 2.45) is 11.3 Å². The minimum absolute atomic E-state index is 0.0851. The molecule has 2 bridgehead atoms. The number of benzene rings is 2. The summed E-state index contributed by atoms with van der Waals surface area (Å²) in [6.45, 7) is 6.70. The molecule has 36 heavy (non-hydrogen) atoms. The number of quaternary nitrogens is 1. The average Bonchev–Trinajstić information content (AvgIpc) is 3.38. The minimum atomic E-state index is -0.210. The van der Waals surface area contributed by atoms with Gasteiger partial charge in [-0.25, -0.2) is 0 Å². The third-order valence-corrected chi connectivity index (χ3v) is 11.6. The van der Waals surface area contributed by atoms with Crippen LogP contribution in [0.15, 0.2) is 65.8 Å². The van der Waals surface area contributed by atoms with Crippen LogP contribution in [-0.4, -0.2) is 35.0 Å². The Bertz CT molecular complexity index is 1290. The number of allylic oxidation sites excluding steroid dienone is 1. The third kappa shape index (κ3) is 2.97. The molecule has 2 spiro atoms. The van der Waals surface area contributed by atoms with Crippen molar-refractivity contribution in [2.75, 3.05) is 7.05 Å². The highest BCUT2D eigenvalue weighted by molar-refractivity contribution is 5.83. The molecule has 190 valence electrons. The molecule has 1 saturated heterocycles. The lowest BCUT2D eigenvalue weighted by Gasteiger charge is -2.57. The average molecular weight is 484 g/mol. The molecule has 7 rings (SSSR count). The summed E-state index contributed by atoms with van der Waals surface area (Å²) in [4.78, 5) is 0. The van der Waals surface area contributed by atoms with Gasteiger partial charge in [-0.1, -0.05) is 61.5 Å². The van der Waals surface area contributed by atoms with Crippen molar-refractivity contribution < 1.29 is 9.38 Å². The number of hydrogen-bond donors (Lipinski definition) is 0. The number of hydroxylamine groups is 3. The first kappa shape index (κ1) is 23.2. The molecular formula is C33H41NO2. The molecule has 0 amide bonds. The van der Waals surface area contributed by atoms with Crippen molar-refractivity contribution in [1.29, 1.82) is 0 Å². The molecule has 3 aliphatic carbocycles. The standard InChI is InChI=1S/C33H41NO2/c1-22(2)34(4,35)28-12-11-26-20-27-15-16-31(3)29(25-10-9-23-7-5-6-8-24(23)19-25)13-14-30(31)33(27)18-17-32(26,21-28)36-33/h5-10,15,19-20,22,28-30H,11-14,16-18,21H2,1-4H3/t28-,29+,30+,31+,32+,33+,34?/m0/s1. The summed E-state index contributed by atoms with van der Waals surface area (Å²) in [6.07, 6.45) is 13.8. The summed E-state index contributed by atoms with van der Waals surface area (Å²) >= 11 is 0. The maximum absolute atomic E-state index is 13.6. The Kier molecular flexibility index (Phi) is 4.87. The van der Waals surface area contributed by atoms with Gasteiger partial charge in [0.25, 0.3) is 0 Å². The molecule has 0 radical (unpaired) electrons. The zero-order valence-electron chi connectivity index (χ0n) is 22.4. The second-order valence-electron chi connectivity index (χ2n) is 13.4. The molecule has 3 heteroatoms. The molecule has 0 aromatic heterocycles. The first-order valence-corrected chi connectivity index (χ1v) is 14.4. The van der Waals surface area contributed by atoms with Crippen molar-refractivity contribution in [2.45, 2.75) is 101 Å². The number of nitrogens with zero attached hydrogens (tertiary/aromatic N) is 1. The number of fused-ring (bicyclic) bond motifs is 2. The van der Waals surface area contributed by atoms with Crippen molar-refractivity contribution in [3.8, 4) is 0 Å². The molecule has 2 heterocycles. The maximum Gasteiger partial charge on any atom is 0.0975 e. The fourth-order valence-corrected chi connectivity index (χ4v) is 9.21. The first-order chi connectivity index (χ1) is 17.2. The summed E-state index contributed by atoms with van der Waals surface area (Å²) in [5, 5.41) is 16.2. The molecule has 0 N–H and O–H groups in total. The summed E-state index contributed by atoms with van der Waals surface area (Å²) < 4.78 is 7.29. The smallest absolute Gasteiger partial charge is 0.0975 e. The number of ether oxygens (including phenoxy) is 1. The van der Waals surface area contributed by atoms with Crippen molar-refractivity contribution in [3.63, 3.8) is 0 Å². The molecule has 3 nitrogen and oxygen atoms in total. The van der Waals surface area contributed by atoms with E-state index in [0.29, 0.717) is 11.8 Å². The molecule has 3 fully saturated rings. The first-order valence-electron chi connectivity index (χ1n) is 14.4. The van der Waals surface area contributed by atoms with Gasteiger partial charge in [0.2, 0.25) is 0 Å². The van der Waals surface area contributed by atoms with E-state index in [1.54, 1.807) is 0 Å². The molecular weight excluding hydrogens is 442 g/mol. The molecule has 1 unspecified atom stereocenters. The Balaban J connectivity index is 1.25. The third-order valence-electron chi connectivity index (χ3n) is 11.6. The van der Waals surface area contributed by atoms with E-state index in [1.165, 1.54) is 40.3 Å². The van der Waals surface area contributed by atoms with E-state index in [-0.39, 0.29) is 33.3 Å². The van der Waals surface area contributed by atoms with Gasteiger partial charge in [0.05, 0.1) is 30.3 Å². The van der Waals surface area contributed by atoms with E-state index < -0.39 is 0 Å². The molecule has 2 aliphatic heterocycles. The molecule has 2 aromatic rings. The zero-order chi connectivity index (χ0) is 24.9. The highest BCUT2D eigenvalue weighted by Gasteiger charge is 2.67. The maximum atomic E-state index is 13.6. The van der Waals surface area contributed by atoms with E-state index in [4.69, 9.17) is 4.74 Å². The quantitative estimate of drug-likeness (QED) is 0.329. The van der Waals surface area contributed by atoms with Crippen molar-refractivity contribution in [1.82, 2.24) is 0 Å². The largest absolute Gasteiger partial charge is 0.633 e. The Morgan fingerprint density at radius 1 is 1.03 bits per heavy atom. The minimum Gasteiger partial charge on any atom is -0.633 e. The van der Waals surface area contributed by atoms with Gasteiger partial charge in [-0.05, 0) is 97.1 Å². The summed E-state index contributed by atoms with van der Waals surface area (Å²) in [5.41, 5.74) is 4.29. The lowest BCUT2D eigenvalue weighted by Crippen LogP contribution is -2.59. The van der Waals surface area contributed by atoms with Gasteiger partial charge in [-0.2, -0.15) is 0 Å². The van der Waals surface area contributed by atoms with Gasteiger partial charge < -0.3 is 14.6 Å². The summed E-state index contributed by atoms with van der Waals surface area (Å²) in [7, 11) is 1.89. The van der Waals surface area contributed by atoms with Gasteiger partial charge in [-0.15, -0.1) is 0 Å². The van der Waals surface area contributed by atoms with Crippen LogP contribution in [-0.2, 0) is 4.74 Å². The highest BCUT2D eigenvalue weighted by atomic mass is 16.6. The van der Waals surface area contributed by atoms with Gasteiger partial charge in [0.15, 0.2) is 0 Å². The molecule has 7 atom stereocenters. The number of rotatable bonds is 3. The fourth-order valence-electron chi connectivity index (χ4n) is 9.21. The lowest BCUT2D eigenvalue weighted by atomic mass is 9.58. The van der Waals surface area contributed by atoms with E-state index in [2.05, 4.69) is 75.4 Å². The van der Waals surface area contributed by atoms with E-state index in [9.17, 15) is 5.21 Å². The Morgan fingerprint density at radius 3 is 2.64 bits per heavy atom. The van der Waals surface area contributed by atoms with Crippen molar-refractivity contribution in [3.05, 3.63) is 76.5 Å². The summed E-state index contributed by atoms with van der Waals surface area (Å²) in [6, 6.07) is 16.1. The van der Waals surface area contributed by atoms with Crippen LogP contribution >= 0.6 is 0 Å². The SMILES string of the molecule is CC(C)[N+](C)([O-])[C@H]1CCC2=CC3=CC[C@]4(C)[C@@H](c5ccc6ccccc6c5)CC[C@H]4[C@@]34CC[C@]2(C1)O4. The van der Waals surface area contributed by atoms with Crippen LogP contribution < -0.4 is 0 Å². The van der Waals surface area contributed by atoms with Crippen LogP contribution in [0.1, 0.15) is 83.6 Å². The van der Waals surface area contributed by atoms with Crippen LogP contribution in [0.5, 0.6) is 0 Å². The Hall–Kier alpha value is -1.94. The second-order valence-corrected chi connectivity index (χ2v) is 13.4. The van der Waals surface area contributed by atoms with Gasteiger partial charge in [-0.3, -0.25) is 0 Å². The van der Waals surface area contributed by atoms with Crippen LogP contribution in [0.3, 0.4) is 0 Å². The Morgan fingerprint density at radius 2 is 1.83 bits per heavy atom. The lowest BCUT2D eigenvalue weighted by molar-refractivity contribution is -0.909. The van der Waals surface area contributed by atoms with Gasteiger partial charge >= 0.3 is 0 Å². The molecule has 5 aliphatic rings. The van der Waals surface area contributed by atoms with E-state index in [0.717, 1.165) is 38.5 Å².